The van der Waals surface area contributed by atoms with E-state index in [9.17, 15) is 0 Å². The van der Waals surface area contributed by atoms with Crippen molar-refractivity contribution in [2.75, 3.05) is 0 Å². The summed E-state index contributed by atoms with van der Waals surface area (Å²) in [6.45, 7) is 8.80. The maximum atomic E-state index is 4.27. The van der Waals surface area contributed by atoms with Crippen LogP contribution in [0.15, 0.2) is 23.3 Å². The average Bonchev–Trinajstić information content (AvgIpc) is 2.18. The minimum absolute atomic E-state index is 0.836. The Balaban J connectivity index is 2.13. The Kier molecular flexibility index (Phi) is 2.80. The van der Waals surface area contributed by atoms with E-state index < -0.39 is 0 Å². The third-order valence-electron chi connectivity index (χ3n) is 4.16. The molecular weight excluding hydrogens is 168 g/mol. The van der Waals surface area contributed by atoms with E-state index in [-0.39, 0.29) is 0 Å². The van der Waals surface area contributed by atoms with Crippen LogP contribution >= 0.6 is 0 Å². The van der Waals surface area contributed by atoms with Gasteiger partial charge in [0, 0.05) is 0 Å². The Morgan fingerprint density at radius 3 is 2.71 bits per heavy atom. The fraction of sp³-hybridized carbons (Fsp3) is 0.714. The van der Waals surface area contributed by atoms with Crippen molar-refractivity contribution >= 4 is 0 Å². The molecule has 2 unspecified atom stereocenters. The molecule has 0 heterocycles. The van der Waals surface area contributed by atoms with E-state index in [4.69, 9.17) is 0 Å². The summed E-state index contributed by atoms with van der Waals surface area (Å²) in [6.07, 6.45) is 8.24. The van der Waals surface area contributed by atoms with Gasteiger partial charge in [-0.1, -0.05) is 23.3 Å². The van der Waals surface area contributed by atoms with Gasteiger partial charge in [-0.15, -0.1) is 0 Å². The molecule has 78 valence electrons. The Morgan fingerprint density at radius 2 is 2.00 bits per heavy atom. The van der Waals surface area contributed by atoms with Gasteiger partial charge in [0.2, 0.25) is 0 Å². The fourth-order valence-corrected chi connectivity index (χ4v) is 3.15. The lowest BCUT2D eigenvalue weighted by molar-refractivity contribution is 0.256. The number of hydrogen-bond acceptors (Lipinski definition) is 0. The van der Waals surface area contributed by atoms with Crippen molar-refractivity contribution in [2.45, 2.75) is 52.4 Å². The molecule has 0 heteroatoms. The molecular formula is C14H22. The molecule has 0 N–H and O–H groups in total. The second-order valence-electron chi connectivity index (χ2n) is 5.26. The molecule has 0 saturated heterocycles. The van der Waals surface area contributed by atoms with Gasteiger partial charge < -0.3 is 0 Å². The van der Waals surface area contributed by atoms with E-state index in [0.717, 1.165) is 11.8 Å². The Hall–Kier alpha value is -0.520. The maximum Gasteiger partial charge on any atom is -0.0140 e. The molecule has 2 aliphatic carbocycles. The third-order valence-corrected chi connectivity index (χ3v) is 4.16. The van der Waals surface area contributed by atoms with Crippen LogP contribution in [0.5, 0.6) is 0 Å². The van der Waals surface area contributed by atoms with Crippen LogP contribution in [-0.2, 0) is 0 Å². The van der Waals surface area contributed by atoms with Crippen molar-refractivity contribution in [3.8, 4) is 0 Å². The highest BCUT2D eigenvalue weighted by Crippen LogP contribution is 2.45. The van der Waals surface area contributed by atoms with Crippen molar-refractivity contribution in [1.29, 1.82) is 0 Å². The summed E-state index contributed by atoms with van der Waals surface area (Å²) in [5.74, 6) is 1.81. The summed E-state index contributed by atoms with van der Waals surface area (Å²) >= 11 is 0. The van der Waals surface area contributed by atoms with Gasteiger partial charge in [0.1, 0.15) is 0 Å². The molecule has 14 heavy (non-hydrogen) atoms. The van der Waals surface area contributed by atoms with Crippen molar-refractivity contribution in [2.24, 2.45) is 11.8 Å². The van der Waals surface area contributed by atoms with Crippen molar-refractivity contribution in [1.82, 2.24) is 0 Å². The highest BCUT2D eigenvalue weighted by Gasteiger charge is 2.31. The third kappa shape index (κ3) is 1.80. The summed E-state index contributed by atoms with van der Waals surface area (Å²) in [6, 6.07) is 0. The molecule has 2 fully saturated rings. The van der Waals surface area contributed by atoms with E-state index in [0.29, 0.717) is 0 Å². The van der Waals surface area contributed by atoms with Gasteiger partial charge in [-0.3, -0.25) is 0 Å². The molecule has 0 aromatic rings. The first-order valence-corrected chi connectivity index (χ1v) is 6.01. The van der Waals surface area contributed by atoms with Gasteiger partial charge in [-0.25, -0.2) is 0 Å². The van der Waals surface area contributed by atoms with Gasteiger partial charge in [0.15, 0.2) is 0 Å². The summed E-state index contributed by atoms with van der Waals surface area (Å²) in [7, 11) is 0. The second-order valence-corrected chi connectivity index (χ2v) is 5.26. The van der Waals surface area contributed by atoms with Crippen LogP contribution in [-0.4, -0.2) is 0 Å². The highest BCUT2D eigenvalue weighted by atomic mass is 14.4. The zero-order valence-corrected chi connectivity index (χ0v) is 9.60. The minimum atomic E-state index is 0.836. The number of fused-ring (bicyclic) bond motifs is 1. The number of rotatable bonds is 0. The fourth-order valence-electron chi connectivity index (χ4n) is 3.15. The summed E-state index contributed by atoms with van der Waals surface area (Å²) < 4.78 is 0. The predicted octanol–water partition coefficient (Wildman–Crippen LogP) is 4.48. The molecule has 0 aromatic heterocycles. The van der Waals surface area contributed by atoms with Gasteiger partial charge in [0.05, 0.1) is 0 Å². The lowest BCUT2D eigenvalue weighted by atomic mass is 9.67. The molecule has 2 saturated carbocycles. The second kappa shape index (κ2) is 3.92. The van der Waals surface area contributed by atoms with Gasteiger partial charge >= 0.3 is 0 Å². The molecule has 0 spiro atoms. The normalized spacial score (nSPS) is 32.7. The zero-order valence-electron chi connectivity index (χ0n) is 9.60. The summed E-state index contributed by atoms with van der Waals surface area (Å²) in [5.41, 5.74) is 4.82. The Bertz CT molecular complexity index is 266. The smallest absolute Gasteiger partial charge is 0.0140 e. The van der Waals surface area contributed by atoms with Crippen LogP contribution in [0.2, 0.25) is 0 Å². The molecule has 0 aliphatic heterocycles. The van der Waals surface area contributed by atoms with Crippen LogP contribution < -0.4 is 0 Å². The SMILES string of the molecule is C=C1CCCC2CCC(=C(C)C)CC12. The molecule has 0 bridgehead atoms. The molecule has 0 radical (unpaired) electrons. The van der Waals surface area contributed by atoms with Crippen LogP contribution in [0.3, 0.4) is 0 Å². The van der Waals surface area contributed by atoms with E-state index in [1.54, 1.807) is 16.7 Å². The van der Waals surface area contributed by atoms with Crippen LogP contribution in [0.4, 0.5) is 0 Å². The van der Waals surface area contributed by atoms with Crippen molar-refractivity contribution in [3.63, 3.8) is 0 Å². The lowest BCUT2D eigenvalue weighted by Crippen LogP contribution is -2.26. The number of hydrogen-bond donors (Lipinski definition) is 0. The zero-order chi connectivity index (χ0) is 10.1. The molecule has 2 aliphatic rings. The van der Waals surface area contributed by atoms with Gasteiger partial charge in [-0.2, -0.15) is 0 Å². The quantitative estimate of drug-likeness (QED) is 0.494. The molecule has 2 rings (SSSR count). The van der Waals surface area contributed by atoms with Crippen LogP contribution in [0.1, 0.15) is 52.4 Å². The first-order chi connectivity index (χ1) is 6.68. The summed E-state index contributed by atoms with van der Waals surface area (Å²) in [4.78, 5) is 0. The van der Waals surface area contributed by atoms with Crippen LogP contribution in [0.25, 0.3) is 0 Å². The van der Waals surface area contributed by atoms with Crippen LogP contribution in [0, 0.1) is 11.8 Å². The largest absolute Gasteiger partial charge is 0.0996 e. The first kappa shape index (κ1) is 10.0. The average molecular weight is 190 g/mol. The van der Waals surface area contributed by atoms with E-state index in [1.165, 1.54) is 38.5 Å². The van der Waals surface area contributed by atoms with E-state index in [2.05, 4.69) is 20.4 Å². The molecule has 0 nitrogen and oxygen atoms in total. The minimum Gasteiger partial charge on any atom is -0.0996 e. The van der Waals surface area contributed by atoms with Gasteiger partial charge in [0.25, 0.3) is 0 Å². The standard InChI is InChI=1S/C14H22/c1-10(2)13-8-7-12-6-4-5-11(3)14(12)9-13/h12,14H,3-9H2,1-2H3. The van der Waals surface area contributed by atoms with E-state index >= 15 is 0 Å². The topological polar surface area (TPSA) is 0 Å². The molecule has 0 aromatic carbocycles. The Labute approximate surface area is 88.1 Å². The Morgan fingerprint density at radius 1 is 1.21 bits per heavy atom. The van der Waals surface area contributed by atoms with Crippen molar-refractivity contribution in [3.05, 3.63) is 23.3 Å². The lowest BCUT2D eigenvalue weighted by Gasteiger charge is -2.38. The monoisotopic (exact) mass is 190 g/mol. The number of allylic oxidation sites excluding steroid dienone is 3. The highest BCUT2D eigenvalue weighted by molar-refractivity contribution is 5.19. The first-order valence-electron chi connectivity index (χ1n) is 6.01. The predicted molar refractivity (Wildman–Crippen MR) is 62.2 cm³/mol. The van der Waals surface area contributed by atoms with E-state index in [1.807, 2.05) is 0 Å². The summed E-state index contributed by atoms with van der Waals surface area (Å²) in [5, 5.41) is 0. The maximum absolute atomic E-state index is 4.27. The van der Waals surface area contributed by atoms with Crippen molar-refractivity contribution < 1.29 is 0 Å². The molecule has 2 atom stereocenters. The molecule has 0 amide bonds. The van der Waals surface area contributed by atoms with Gasteiger partial charge in [-0.05, 0) is 64.2 Å².